The number of rotatable bonds is 3. The van der Waals surface area contributed by atoms with Gasteiger partial charge in [0.2, 0.25) is 0 Å². The van der Waals surface area contributed by atoms with Gasteiger partial charge in [0.1, 0.15) is 11.7 Å². The second kappa shape index (κ2) is 6.62. The van der Waals surface area contributed by atoms with E-state index in [0.29, 0.717) is 18.7 Å². The molecule has 1 N–H and O–H groups in total. The number of amides is 1. The molecule has 0 fully saturated rings. The lowest BCUT2D eigenvalue weighted by Crippen LogP contribution is -2.41. The Labute approximate surface area is 175 Å². The Morgan fingerprint density at radius 2 is 2.19 bits per heavy atom. The van der Waals surface area contributed by atoms with Crippen LogP contribution < -0.4 is 0 Å². The van der Waals surface area contributed by atoms with E-state index in [-0.39, 0.29) is 17.7 Å². The number of hydrogen-bond donors (Lipinski definition) is 1. The quantitative estimate of drug-likeness (QED) is 0.475. The van der Waals surface area contributed by atoms with Crippen LogP contribution in [0.1, 0.15) is 33.8 Å². The maximum Gasteiger partial charge on any atom is 0.312 e. The summed E-state index contributed by atoms with van der Waals surface area (Å²) in [6, 6.07) is 9.07. The molecule has 1 aliphatic rings. The molecule has 1 atom stereocenters. The Bertz CT molecular complexity index is 1380. The van der Waals surface area contributed by atoms with Gasteiger partial charge in [-0.25, -0.2) is 9.50 Å². The average molecular weight is 415 g/mol. The number of nitrogens with zero attached hydrogens (tertiary/aromatic N) is 8. The van der Waals surface area contributed by atoms with Crippen molar-refractivity contribution in [2.45, 2.75) is 12.5 Å². The number of fused-ring (bicyclic) bond motifs is 2. The highest BCUT2D eigenvalue weighted by Crippen LogP contribution is 2.34. The first-order chi connectivity index (χ1) is 15.2. The third kappa shape index (κ3) is 2.74. The maximum atomic E-state index is 13.4. The van der Waals surface area contributed by atoms with Gasteiger partial charge in [0.25, 0.3) is 5.89 Å². The van der Waals surface area contributed by atoms with Gasteiger partial charge >= 0.3 is 11.8 Å². The zero-order valence-electron chi connectivity index (χ0n) is 16.5. The van der Waals surface area contributed by atoms with Gasteiger partial charge in [-0.3, -0.25) is 9.48 Å². The van der Waals surface area contributed by atoms with Crippen molar-refractivity contribution in [1.82, 2.24) is 44.5 Å². The number of pyridine rings is 1. The van der Waals surface area contributed by atoms with E-state index in [1.807, 2.05) is 30.5 Å². The highest BCUT2D eigenvalue weighted by Gasteiger charge is 2.38. The van der Waals surface area contributed by atoms with Crippen molar-refractivity contribution in [2.75, 3.05) is 6.54 Å². The van der Waals surface area contributed by atoms with E-state index < -0.39 is 6.04 Å². The number of H-pyrrole nitrogens is 1. The van der Waals surface area contributed by atoms with Crippen LogP contribution in [-0.2, 0) is 13.5 Å². The summed E-state index contributed by atoms with van der Waals surface area (Å²) in [4.78, 5) is 22.8. The molecule has 31 heavy (non-hydrogen) atoms. The molecule has 154 valence electrons. The summed E-state index contributed by atoms with van der Waals surface area (Å²) in [5.41, 5.74) is 4.06. The predicted octanol–water partition coefficient (Wildman–Crippen LogP) is 1.63. The molecule has 0 unspecified atom stereocenters. The standard InChI is InChI=1S/C20H17N9O2/c1-27-15(5-7-23-27)18-24-25-19(31-18)20(30)28-9-6-13-16(22-11-21-13)17(28)14-10-12-4-2-3-8-29(12)26-14/h2-5,7-8,10-11,17H,6,9H2,1H3,(H,21,22)/t17-/m0/s1. The largest absolute Gasteiger partial charge is 0.411 e. The molecule has 0 aromatic carbocycles. The molecule has 0 aliphatic carbocycles. The minimum atomic E-state index is -0.463. The monoisotopic (exact) mass is 415 g/mol. The van der Waals surface area contributed by atoms with Crippen LogP contribution in [0.5, 0.6) is 0 Å². The van der Waals surface area contributed by atoms with E-state index in [2.05, 4.69) is 30.4 Å². The molecule has 1 amide bonds. The Hall–Kier alpha value is -4.28. The van der Waals surface area contributed by atoms with Crippen molar-refractivity contribution in [3.05, 3.63) is 72.0 Å². The minimum Gasteiger partial charge on any atom is -0.411 e. The molecule has 0 saturated heterocycles. The summed E-state index contributed by atoms with van der Waals surface area (Å²) >= 11 is 0. The molecule has 0 radical (unpaired) electrons. The Balaban J connectivity index is 1.41. The molecule has 11 heteroatoms. The fourth-order valence-electron chi connectivity index (χ4n) is 4.01. The van der Waals surface area contributed by atoms with Crippen molar-refractivity contribution < 1.29 is 9.21 Å². The smallest absolute Gasteiger partial charge is 0.312 e. The van der Waals surface area contributed by atoms with Crippen molar-refractivity contribution in [3.63, 3.8) is 0 Å². The molecule has 5 aromatic rings. The maximum absolute atomic E-state index is 13.4. The first-order valence-electron chi connectivity index (χ1n) is 9.78. The topological polar surface area (TPSA) is 123 Å². The lowest BCUT2D eigenvalue weighted by molar-refractivity contribution is 0.0646. The lowest BCUT2D eigenvalue weighted by atomic mass is 9.99. The predicted molar refractivity (Wildman–Crippen MR) is 107 cm³/mol. The van der Waals surface area contributed by atoms with Gasteiger partial charge < -0.3 is 14.3 Å². The molecular formula is C20H17N9O2. The van der Waals surface area contributed by atoms with Gasteiger partial charge in [0.15, 0.2) is 0 Å². The molecule has 5 aromatic heterocycles. The number of carbonyl (C=O) groups excluding carboxylic acids is 1. The fraction of sp³-hybridized carbons (Fsp3) is 0.200. The minimum absolute atomic E-state index is 0.0797. The third-order valence-corrected chi connectivity index (χ3v) is 5.50. The van der Waals surface area contributed by atoms with Crippen LogP contribution in [0.25, 0.3) is 17.1 Å². The number of aryl methyl sites for hydroxylation is 1. The molecule has 11 nitrogen and oxygen atoms in total. The van der Waals surface area contributed by atoms with E-state index >= 15 is 0 Å². The molecule has 6 heterocycles. The molecular weight excluding hydrogens is 398 g/mol. The number of imidazole rings is 1. The summed E-state index contributed by atoms with van der Waals surface area (Å²) < 4.78 is 9.10. The number of carbonyl (C=O) groups is 1. The molecule has 6 rings (SSSR count). The number of aromatic nitrogens is 8. The first kappa shape index (κ1) is 17.6. The summed E-state index contributed by atoms with van der Waals surface area (Å²) in [5.74, 6) is -0.203. The van der Waals surface area contributed by atoms with Crippen LogP contribution in [0.4, 0.5) is 0 Å². The van der Waals surface area contributed by atoms with Crippen LogP contribution in [-0.4, -0.2) is 56.9 Å². The summed E-state index contributed by atoms with van der Waals surface area (Å²) in [6.07, 6.45) is 5.80. The normalized spacial score (nSPS) is 16.0. The summed E-state index contributed by atoms with van der Waals surface area (Å²) in [7, 11) is 1.77. The van der Waals surface area contributed by atoms with Crippen LogP contribution in [0.2, 0.25) is 0 Å². The number of nitrogens with one attached hydrogen (secondary N) is 1. The van der Waals surface area contributed by atoms with E-state index in [0.717, 1.165) is 22.6 Å². The van der Waals surface area contributed by atoms with E-state index in [4.69, 9.17) is 4.42 Å². The zero-order chi connectivity index (χ0) is 20.9. The lowest BCUT2D eigenvalue weighted by Gasteiger charge is -2.32. The van der Waals surface area contributed by atoms with Crippen LogP contribution in [0.3, 0.4) is 0 Å². The van der Waals surface area contributed by atoms with E-state index in [9.17, 15) is 4.79 Å². The Morgan fingerprint density at radius 3 is 3.03 bits per heavy atom. The van der Waals surface area contributed by atoms with Gasteiger partial charge in [-0.15, -0.1) is 10.2 Å². The highest BCUT2D eigenvalue weighted by atomic mass is 16.4. The van der Waals surface area contributed by atoms with Crippen molar-refractivity contribution in [2.24, 2.45) is 7.05 Å². The zero-order valence-corrected chi connectivity index (χ0v) is 16.5. The summed E-state index contributed by atoms with van der Waals surface area (Å²) in [6.45, 7) is 0.468. The Kier molecular flexibility index (Phi) is 3.75. The number of hydrogen-bond acceptors (Lipinski definition) is 7. The molecule has 1 aliphatic heterocycles. The van der Waals surface area contributed by atoms with Crippen LogP contribution in [0.15, 0.2) is 53.5 Å². The van der Waals surface area contributed by atoms with Gasteiger partial charge in [-0.2, -0.15) is 10.2 Å². The van der Waals surface area contributed by atoms with Crippen molar-refractivity contribution >= 4 is 11.4 Å². The van der Waals surface area contributed by atoms with Gasteiger partial charge in [-0.05, 0) is 24.3 Å². The van der Waals surface area contributed by atoms with Gasteiger partial charge in [0.05, 0.1) is 23.2 Å². The highest BCUT2D eigenvalue weighted by molar-refractivity contribution is 5.90. The second-order valence-electron chi connectivity index (χ2n) is 7.31. The summed E-state index contributed by atoms with van der Waals surface area (Å²) in [5, 5.41) is 16.8. The number of aromatic amines is 1. The van der Waals surface area contributed by atoms with Crippen molar-refractivity contribution in [1.29, 1.82) is 0 Å². The van der Waals surface area contributed by atoms with E-state index in [1.54, 1.807) is 39.7 Å². The molecule has 0 saturated carbocycles. The molecule has 0 spiro atoms. The molecule has 0 bridgehead atoms. The SMILES string of the molecule is Cn1nccc1-c1nnc(C(=O)N2CCc3[nH]cnc3[C@@H]2c2cc3ccccn3n2)o1. The first-order valence-corrected chi connectivity index (χ1v) is 9.78. The third-order valence-electron chi connectivity index (χ3n) is 5.50. The van der Waals surface area contributed by atoms with Gasteiger partial charge in [0, 0.05) is 38.1 Å². The van der Waals surface area contributed by atoms with Gasteiger partial charge in [-0.1, -0.05) is 6.07 Å². The average Bonchev–Trinajstić information content (AvgIpc) is 3.57. The van der Waals surface area contributed by atoms with Crippen LogP contribution >= 0.6 is 0 Å². The van der Waals surface area contributed by atoms with E-state index in [1.165, 1.54) is 0 Å². The van der Waals surface area contributed by atoms with Crippen LogP contribution in [0, 0.1) is 0 Å². The van der Waals surface area contributed by atoms with Crippen molar-refractivity contribution in [3.8, 4) is 11.6 Å². The fourth-order valence-corrected chi connectivity index (χ4v) is 4.01. The Morgan fingerprint density at radius 1 is 1.26 bits per heavy atom. The second-order valence-corrected chi connectivity index (χ2v) is 7.31.